The van der Waals surface area contributed by atoms with Crippen LogP contribution in [0.5, 0.6) is 0 Å². The molecule has 0 saturated heterocycles. The second kappa shape index (κ2) is 8.49. The molecule has 0 saturated carbocycles. The zero-order valence-corrected chi connectivity index (χ0v) is 26.2. The second-order valence-electron chi connectivity index (χ2n) is 12.6. The molecule has 0 unspecified atom stereocenters. The van der Waals surface area contributed by atoms with Crippen LogP contribution in [0.2, 0.25) is 39.3 Å². The van der Waals surface area contributed by atoms with E-state index in [1.165, 1.54) is 43.8 Å². The number of hydrogen-bond donors (Lipinski definition) is 0. The van der Waals surface area contributed by atoms with Crippen molar-refractivity contribution in [2.45, 2.75) is 58.5 Å². The molecule has 4 aromatic rings. The van der Waals surface area contributed by atoms with Gasteiger partial charge in [0.15, 0.2) is 0 Å². The maximum atomic E-state index is 3.71. The maximum Gasteiger partial charge on any atom is 0.129 e. The summed E-state index contributed by atoms with van der Waals surface area (Å²) in [6, 6.07) is 20.3. The van der Waals surface area contributed by atoms with E-state index in [1.807, 2.05) is 0 Å². The summed E-state index contributed by atoms with van der Waals surface area (Å²) in [5, 5.41) is 4.89. The van der Waals surface area contributed by atoms with Gasteiger partial charge in [0, 0.05) is 21.0 Å². The molecule has 0 heterocycles. The van der Waals surface area contributed by atoms with Crippen molar-refractivity contribution in [2.24, 2.45) is 0 Å². The monoisotopic (exact) mass is 564 g/mol. The lowest BCUT2D eigenvalue weighted by Gasteiger charge is -2.22. The summed E-state index contributed by atoms with van der Waals surface area (Å²) in [6.45, 7) is 18.6. The van der Waals surface area contributed by atoms with Crippen LogP contribution in [0.3, 0.4) is 0 Å². The Balaban J connectivity index is 1.98. The van der Waals surface area contributed by atoms with E-state index in [0.717, 1.165) is 15.6 Å². The molecule has 0 aliphatic heterocycles. The van der Waals surface area contributed by atoms with Crippen molar-refractivity contribution in [1.29, 1.82) is 0 Å². The highest BCUT2D eigenvalue weighted by Gasteiger charge is 2.36. The van der Waals surface area contributed by atoms with Crippen molar-refractivity contribution < 1.29 is 0 Å². The highest BCUT2D eigenvalue weighted by molar-refractivity contribution is 9.10. The van der Waals surface area contributed by atoms with Gasteiger partial charge in [-0.3, -0.25) is 0 Å². The standard InChI is InChI=1S/C33H33BrSi2/c1-33(2)31-19-22(34)13-14-27(31)30-20-28-25(15-17-35(3,4)5)23-11-9-10-12-24(23)26(16-18-36(6,7)8)29(28)21-32(30)33/h9-14,19-21H,1-8H3. The summed E-state index contributed by atoms with van der Waals surface area (Å²) in [5.74, 6) is 7.36. The minimum atomic E-state index is -1.56. The van der Waals surface area contributed by atoms with Crippen LogP contribution in [-0.4, -0.2) is 16.1 Å². The van der Waals surface area contributed by atoms with Crippen LogP contribution in [0.1, 0.15) is 36.1 Å². The van der Waals surface area contributed by atoms with Gasteiger partial charge in [-0.15, -0.1) is 11.1 Å². The van der Waals surface area contributed by atoms with Gasteiger partial charge < -0.3 is 0 Å². The largest absolute Gasteiger partial charge is 0.129 e. The summed E-state index contributed by atoms with van der Waals surface area (Å²) >= 11 is 3.71. The predicted molar refractivity (Wildman–Crippen MR) is 167 cm³/mol. The Morgan fingerprint density at radius 2 is 1.11 bits per heavy atom. The second-order valence-corrected chi connectivity index (χ2v) is 23.0. The van der Waals surface area contributed by atoms with E-state index in [4.69, 9.17) is 0 Å². The van der Waals surface area contributed by atoms with Gasteiger partial charge in [0.2, 0.25) is 0 Å². The first-order valence-corrected chi connectivity index (χ1v) is 20.5. The molecule has 0 fully saturated rings. The summed E-state index contributed by atoms with van der Waals surface area (Å²) < 4.78 is 1.13. The Morgan fingerprint density at radius 3 is 1.64 bits per heavy atom. The smallest absolute Gasteiger partial charge is 0.127 e. The van der Waals surface area contributed by atoms with Crippen molar-refractivity contribution >= 4 is 53.6 Å². The summed E-state index contributed by atoms with van der Waals surface area (Å²) in [5.41, 5.74) is 14.9. The van der Waals surface area contributed by atoms with Crippen LogP contribution in [0.15, 0.2) is 59.1 Å². The molecule has 0 aromatic heterocycles. The van der Waals surface area contributed by atoms with E-state index in [9.17, 15) is 0 Å². The normalized spacial score (nSPS) is 14.0. The Labute approximate surface area is 226 Å². The highest BCUT2D eigenvalue weighted by atomic mass is 79.9. The molecule has 4 aromatic carbocycles. The first kappa shape index (κ1) is 25.1. The Kier molecular flexibility index (Phi) is 5.92. The lowest BCUT2D eigenvalue weighted by molar-refractivity contribution is 0.661. The maximum absolute atomic E-state index is 3.71. The molecule has 5 rings (SSSR count). The van der Waals surface area contributed by atoms with E-state index in [0.29, 0.717) is 0 Å². The SMILES string of the molecule is CC1(C)c2cc(Br)ccc2-c2cc3c(C#C[Si](C)(C)C)c4ccccc4c(C#C[Si](C)(C)C)c3cc21. The van der Waals surface area contributed by atoms with E-state index < -0.39 is 16.1 Å². The minimum Gasteiger partial charge on any atom is -0.127 e. The topological polar surface area (TPSA) is 0 Å². The molecular weight excluding hydrogens is 532 g/mol. The van der Waals surface area contributed by atoms with Crippen LogP contribution in [0.4, 0.5) is 0 Å². The van der Waals surface area contributed by atoms with Gasteiger partial charge >= 0.3 is 0 Å². The minimum absolute atomic E-state index is 0.0814. The Morgan fingerprint density at radius 1 is 0.611 bits per heavy atom. The van der Waals surface area contributed by atoms with Gasteiger partial charge in [-0.2, -0.15) is 0 Å². The molecule has 3 heteroatoms. The Hall–Kier alpha value is -2.57. The van der Waals surface area contributed by atoms with E-state index in [1.54, 1.807) is 0 Å². The highest BCUT2D eigenvalue weighted by Crippen LogP contribution is 2.51. The van der Waals surface area contributed by atoms with Crippen molar-refractivity contribution in [2.75, 3.05) is 0 Å². The quantitative estimate of drug-likeness (QED) is 0.113. The van der Waals surface area contributed by atoms with Gasteiger partial charge in [0.25, 0.3) is 0 Å². The molecule has 0 bridgehead atoms. The molecule has 36 heavy (non-hydrogen) atoms. The number of rotatable bonds is 0. The molecule has 0 atom stereocenters. The van der Waals surface area contributed by atoms with E-state index in [-0.39, 0.29) is 5.41 Å². The van der Waals surface area contributed by atoms with Crippen molar-refractivity contribution in [3.8, 4) is 34.1 Å². The third-order valence-corrected chi connectivity index (χ3v) is 9.15. The lowest BCUT2D eigenvalue weighted by atomic mass is 9.81. The molecule has 0 spiro atoms. The number of fused-ring (bicyclic) bond motifs is 5. The summed E-state index contributed by atoms with van der Waals surface area (Å²) in [7, 11) is -3.13. The van der Waals surface area contributed by atoms with Crippen molar-refractivity contribution in [3.05, 3.63) is 81.3 Å². The Bertz CT molecular complexity index is 1690. The molecule has 0 nitrogen and oxygen atoms in total. The van der Waals surface area contributed by atoms with Crippen LogP contribution in [-0.2, 0) is 5.41 Å². The third-order valence-electron chi connectivity index (χ3n) is 6.91. The fourth-order valence-corrected chi connectivity index (χ4v) is 6.51. The third kappa shape index (κ3) is 4.39. The number of hydrogen-bond acceptors (Lipinski definition) is 0. The van der Waals surface area contributed by atoms with E-state index >= 15 is 0 Å². The first-order chi connectivity index (χ1) is 16.8. The zero-order chi connectivity index (χ0) is 26.0. The fraction of sp³-hybridized carbons (Fsp3) is 0.273. The van der Waals surface area contributed by atoms with E-state index in [2.05, 4.69) is 147 Å². The van der Waals surface area contributed by atoms with Crippen molar-refractivity contribution in [1.82, 2.24) is 0 Å². The van der Waals surface area contributed by atoms with Gasteiger partial charge in [0.1, 0.15) is 16.1 Å². The molecule has 1 aliphatic carbocycles. The lowest BCUT2D eigenvalue weighted by Crippen LogP contribution is -2.16. The summed E-state index contributed by atoms with van der Waals surface area (Å²) in [4.78, 5) is 0. The van der Waals surface area contributed by atoms with Gasteiger partial charge in [0.05, 0.1) is 0 Å². The predicted octanol–water partition coefficient (Wildman–Crippen LogP) is 9.52. The average Bonchev–Trinajstić information content (AvgIpc) is 2.99. The van der Waals surface area contributed by atoms with Crippen LogP contribution >= 0.6 is 15.9 Å². The average molecular weight is 566 g/mol. The van der Waals surface area contributed by atoms with Crippen molar-refractivity contribution in [3.63, 3.8) is 0 Å². The molecule has 180 valence electrons. The molecule has 1 aliphatic rings. The summed E-state index contributed by atoms with van der Waals surface area (Å²) in [6.07, 6.45) is 0. The fourth-order valence-electron chi connectivity index (χ4n) is 5.15. The molecular formula is C33H33BrSi2. The number of halogens is 1. The molecule has 0 radical (unpaired) electrons. The number of benzene rings is 4. The van der Waals surface area contributed by atoms with Gasteiger partial charge in [-0.25, -0.2) is 0 Å². The van der Waals surface area contributed by atoms with Crippen LogP contribution in [0.25, 0.3) is 32.7 Å². The molecule has 0 amide bonds. The van der Waals surface area contributed by atoms with Gasteiger partial charge in [-0.05, 0) is 68.1 Å². The zero-order valence-electron chi connectivity index (χ0n) is 22.6. The van der Waals surface area contributed by atoms with Crippen LogP contribution < -0.4 is 0 Å². The first-order valence-electron chi connectivity index (χ1n) is 12.7. The van der Waals surface area contributed by atoms with Crippen LogP contribution in [0, 0.1) is 22.9 Å². The van der Waals surface area contributed by atoms with Gasteiger partial charge in [-0.1, -0.05) is 111 Å². The molecule has 0 N–H and O–H groups in total.